The number of phenolic OH excluding ortho intramolecular Hbond substituents is 2. The van der Waals surface area contributed by atoms with E-state index in [9.17, 15) is 15.0 Å². The van der Waals surface area contributed by atoms with Crippen molar-refractivity contribution in [3.63, 3.8) is 0 Å². The quantitative estimate of drug-likeness (QED) is 0.556. The van der Waals surface area contributed by atoms with Crippen LogP contribution in [0.5, 0.6) is 11.5 Å². The Balaban J connectivity index is 2.39. The maximum Gasteiger partial charge on any atom is 0.204 e. The molecule has 0 saturated heterocycles. The molecule has 0 atom stereocenters. The van der Waals surface area contributed by atoms with Crippen LogP contribution in [0.25, 0.3) is 21.9 Å². The molecule has 0 spiro atoms. The van der Waals surface area contributed by atoms with E-state index in [-0.39, 0.29) is 27.9 Å². The van der Waals surface area contributed by atoms with E-state index in [1.165, 1.54) is 6.07 Å². The third-order valence-corrected chi connectivity index (χ3v) is 3.64. The van der Waals surface area contributed by atoms with Gasteiger partial charge in [0.05, 0.1) is 5.39 Å². The molecule has 0 unspecified atom stereocenters. The SMILES string of the molecule is CC(C)=CCc1c(O)cc2oc3ccccc3c(=O)c2c1O. The highest BCUT2D eigenvalue weighted by molar-refractivity contribution is 5.94. The highest BCUT2D eigenvalue weighted by Gasteiger charge is 2.17. The second kappa shape index (κ2) is 5.22. The standard InChI is InChI=1S/C18H16O4/c1-10(2)7-8-11-13(19)9-15-16(17(11)20)18(21)12-5-3-4-6-14(12)22-15/h3-7,9,19-20H,8H2,1-2H3. The van der Waals surface area contributed by atoms with Crippen molar-refractivity contribution < 1.29 is 14.6 Å². The molecule has 0 amide bonds. The van der Waals surface area contributed by atoms with Gasteiger partial charge in [-0.25, -0.2) is 0 Å². The molecule has 2 N–H and O–H groups in total. The van der Waals surface area contributed by atoms with Gasteiger partial charge in [-0.1, -0.05) is 23.8 Å². The Hall–Kier alpha value is -2.75. The predicted octanol–water partition coefficient (Wildman–Crippen LogP) is 3.87. The maximum absolute atomic E-state index is 12.6. The van der Waals surface area contributed by atoms with Gasteiger partial charge in [0.2, 0.25) is 5.43 Å². The van der Waals surface area contributed by atoms with Crippen molar-refractivity contribution in [2.24, 2.45) is 0 Å². The lowest BCUT2D eigenvalue weighted by Crippen LogP contribution is -2.03. The minimum absolute atomic E-state index is 0.0825. The van der Waals surface area contributed by atoms with Gasteiger partial charge in [0.1, 0.15) is 28.1 Å². The van der Waals surface area contributed by atoms with Gasteiger partial charge in [-0.3, -0.25) is 4.79 Å². The molecule has 1 heterocycles. The largest absolute Gasteiger partial charge is 0.507 e. The fourth-order valence-corrected chi connectivity index (χ4v) is 2.48. The second-order valence-electron chi connectivity index (χ2n) is 5.51. The van der Waals surface area contributed by atoms with Crippen LogP contribution < -0.4 is 5.43 Å². The average Bonchev–Trinajstić information content (AvgIpc) is 2.46. The first-order valence-electron chi connectivity index (χ1n) is 7.01. The number of fused-ring (bicyclic) bond motifs is 2. The Morgan fingerprint density at radius 2 is 1.91 bits per heavy atom. The predicted molar refractivity (Wildman–Crippen MR) is 86.5 cm³/mol. The molecule has 0 aliphatic carbocycles. The summed E-state index contributed by atoms with van der Waals surface area (Å²) in [5.41, 5.74) is 1.70. The number of para-hydroxylation sites is 1. The van der Waals surface area contributed by atoms with Gasteiger partial charge in [0, 0.05) is 11.6 Å². The van der Waals surface area contributed by atoms with E-state index in [0.717, 1.165) is 5.57 Å². The van der Waals surface area contributed by atoms with Crippen LogP contribution in [0.2, 0.25) is 0 Å². The van der Waals surface area contributed by atoms with Crippen LogP contribution in [-0.4, -0.2) is 10.2 Å². The van der Waals surface area contributed by atoms with E-state index in [1.807, 2.05) is 19.9 Å². The van der Waals surface area contributed by atoms with Crippen LogP contribution >= 0.6 is 0 Å². The first kappa shape index (κ1) is 14.2. The summed E-state index contributed by atoms with van der Waals surface area (Å²) in [5, 5.41) is 21.1. The van der Waals surface area contributed by atoms with Crippen molar-refractivity contribution in [2.75, 3.05) is 0 Å². The Morgan fingerprint density at radius 1 is 1.18 bits per heavy atom. The molecule has 1 aromatic heterocycles. The molecule has 112 valence electrons. The summed E-state index contributed by atoms with van der Waals surface area (Å²) in [4.78, 5) is 12.6. The molecule has 22 heavy (non-hydrogen) atoms. The average molecular weight is 296 g/mol. The van der Waals surface area contributed by atoms with E-state index >= 15 is 0 Å². The fourth-order valence-electron chi connectivity index (χ4n) is 2.48. The smallest absolute Gasteiger partial charge is 0.204 e. The summed E-state index contributed by atoms with van der Waals surface area (Å²) in [6.07, 6.45) is 2.23. The van der Waals surface area contributed by atoms with Gasteiger partial charge < -0.3 is 14.6 Å². The Bertz CT molecular complexity index is 960. The molecule has 0 bridgehead atoms. The number of hydrogen-bond acceptors (Lipinski definition) is 4. The van der Waals surface area contributed by atoms with Gasteiger partial charge in [-0.05, 0) is 32.4 Å². The highest BCUT2D eigenvalue weighted by atomic mass is 16.3. The molecule has 4 heteroatoms. The lowest BCUT2D eigenvalue weighted by molar-refractivity contribution is 0.443. The molecular weight excluding hydrogens is 280 g/mol. The van der Waals surface area contributed by atoms with Crippen LogP contribution in [0.4, 0.5) is 0 Å². The van der Waals surface area contributed by atoms with Crippen LogP contribution in [-0.2, 0) is 6.42 Å². The zero-order valence-electron chi connectivity index (χ0n) is 12.4. The molecule has 0 fully saturated rings. The van der Waals surface area contributed by atoms with E-state index in [1.54, 1.807) is 24.3 Å². The molecular formula is C18H16O4. The summed E-state index contributed by atoms with van der Waals surface area (Å²) < 4.78 is 5.63. The molecule has 0 aliphatic rings. The lowest BCUT2D eigenvalue weighted by atomic mass is 10.0. The highest BCUT2D eigenvalue weighted by Crippen LogP contribution is 2.35. The van der Waals surface area contributed by atoms with Gasteiger partial charge in [-0.15, -0.1) is 0 Å². The lowest BCUT2D eigenvalue weighted by Gasteiger charge is -2.09. The first-order valence-corrected chi connectivity index (χ1v) is 7.01. The van der Waals surface area contributed by atoms with Crippen molar-refractivity contribution in [1.82, 2.24) is 0 Å². The van der Waals surface area contributed by atoms with Crippen LogP contribution in [0.3, 0.4) is 0 Å². The summed E-state index contributed by atoms with van der Waals surface area (Å²) in [6.45, 7) is 3.86. The van der Waals surface area contributed by atoms with E-state index in [2.05, 4.69) is 0 Å². The summed E-state index contributed by atoms with van der Waals surface area (Å²) >= 11 is 0. The third kappa shape index (κ3) is 2.22. The number of rotatable bonds is 2. The maximum atomic E-state index is 12.6. The number of allylic oxidation sites excluding steroid dienone is 2. The number of aromatic hydroxyl groups is 2. The molecule has 0 aliphatic heterocycles. The Kier molecular flexibility index (Phi) is 3.37. The second-order valence-corrected chi connectivity index (χ2v) is 5.51. The normalized spacial score (nSPS) is 11.0. The topological polar surface area (TPSA) is 70.7 Å². The van der Waals surface area contributed by atoms with Crippen molar-refractivity contribution in [3.05, 3.63) is 57.8 Å². The van der Waals surface area contributed by atoms with Crippen LogP contribution in [0, 0.1) is 0 Å². The van der Waals surface area contributed by atoms with Crippen molar-refractivity contribution in [3.8, 4) is 11.5 Å². The monoisotopic (exact) mass is 296 g/mol. The van der Waals surface area contributed by atoms with E-state index in [4.69, 9.17) is 4.42 Å². The number of hydrogen-bond donors (Lipinski definition) is 2. The van der Waals surface area contributed by atoms with Crippen LogP contribution in [0.1, 0.15) is 19.4 Å². The molecule has 0 radical (unpaired) electrons. The zero-order chi connectivity index (χ0) is 15.9. The molecule has 2 aromatic carbocycles. The van der Waals surface area contributed by atoms with Crippen molar-refractivity contribution in [2.45, 2.75) is 20.3 Å². The fraction of sp³-hybridized carbons (Fsp3) is 0.167. The van der Waals surface area contributed by atoms with E-state index in [0.29, 0.717) is 23.0 Å². The molecule has 4 nitrogen and oxygen atoms in total. The Morgan fingerprint density at radius 3 is 2.64 bits per heavy atom. The van der Waals surface area contributed by atoms with Gasteiger partial charge in [0.25, 0.3) is 0 Å². The van der Waals surface area contributed by atoms with Crippen molar-refractivity contribution >= 4 is 21.9 Å². The number of phenols is 2. The van der Waals surface area contributed by atoms with E-state index < -0.39 is 0 Å². The Labute approximate surface area is 126 Å². The molecule has 0 saturated carbocycles. The van der Waals surface area contributed by atoms with Crippen molar-refractivity contribution in [1.29, 1.82) is 0 Å². The zero-order valence-corrected chi connectivity index (χ0v) is 12.4. The first-order chi connectivity index (χ1) is 10.5. The summed E-state index contributed by atoms with van der Waals surface area (Å²) in [5.74, 6) is -0.298. The summed E-state index contributed by atoms with van der Waals surface area (Å²) in [7, 11) is 0. The third-order valence-electron chi connectivity index (χ3n) is 3.64. The van der Waals surface area contributed by atoms with Gasteiger partial charge in [0.15, 0.2) is 0 Å². The molecule has 3 aromatic rings. The van der Waals surface area contributed by atoms with Crippen LogP contribution in [0.15, 0.2) is 51.2 Å². The minimum Gasteiger partial charge on any atom is -0.507 e. The number of benzene rings is 2. The molecule has 3 rings (SSSR count). The van der Waals surface area contributed by atoms with Gasteiger partial charge in [-0.2, -0.15) is 0 Å². The minimum atomic E-state index is -0.298. The summed E-state index contributed by atoms with van der Waals surface area (Å²) in [6, 6.07) is 8.23. The van der Waals surface area contributed by atoms with Gasteiger partial charge >= 0.3 is 0 Å².